The number of aryl methyl sites for hydroxylation is 1. The largest absolute Gasteiger partial charge is 0.368 e. The molecule has 0 bridgehead atoms. The molecule has 88 valence electrons. The summed E-state index contributed by atoms with van der Waals surface area (Å²) in [6.45, 7) is 4.57. The van der Waals surface area contributed by atoms with Gasteiger partial charge in [-0.2, -0.15) is 0 Å². The number of primary amides is 1. The maximum atomic E-state index is 11.1. The molecule has 1 atom stereocenters. The minimum Gasteiger partial charge on any atom is -0.368 e. The van der Waals surface area contributed by atoms with Gasteiger partial charge >= 0.3 is 0 Å². The van der Waals surface area contributed by atoms with Crippen molar-refractivity contribution in [2.24, 2.45) is 5.73 Å². The zero-order valence-corrected chi connectivity index (χ0v) is 10.3. The van der Waals surface area contributed by atoms with Crippen molar-refractivity contribution >= 4 is 17.7 Å². The standard InChI is InChI=1S/C10H16N4OS/c1-3-12-8(9(11)15)6-16-10-13-4-7(2)5-14-10/h4-5,8,12H,3,6H2,1-2H3,(H2,11,15). The Bertz CT molecular complexity index is 341. The normalized spacial score (nSPS) is 12.4. The Labute approximate surface area is 99.2 Å². The highest BCUT2D eigenvalue weighted by atomic mass is 32.2. The summed E-state index contributed by atoms with van der Waals surface area (Å²) in [7, 11) is 0. The van der Waals surface area contributed by atoms with Crippen LogP contribution in [0.15, 0.2) is 17.6 Å². The molecule has 1 amide bonds. The maximum absolute atomic E-state index is 11.1. The predicted octanol–water partition coefficient (Wildman–Crippen LogP) is 0.341. The fourth-order valence-corrected chi connectivity index (χ4v) is 1.95. The molecular formula is C10H16N4OS. The van der Waals surface area contributed by atoms with Crippen molar-refractivity contribution in [3.05, 3.63) is 18.0 Å². The first kappa shape index (κ1) is 12.9. The van der Waals surface area contributed by atoms with E-state index in [4.69, 9.17) is 5.73 Å². The van der Waals surface area contributed by atoms with Gasteiger partial charge in [0.25, 0.3) is 0 Å². The van der Waals surface area contributed by atoms with E-state index >= 15 is 0 Å². The highest BCUT2D eigenvalue weighted by molar-refractivity contribution is 7.99. The van der Waals surface area contributed by atoms with Crippen LogP contribution in [-0.2, 0) is 4.79 Å². The fourth-order valence-electron chi connectivity index (χ4n) is 1.10. The number of nitrogens with zero attached hydrogens (tertiary/aromatic N) is 2. The number of carbonyl (C=O) groups excluding carboxylic acids is 1. The Hall–Kier alpha value is -1.14. The third-order valence-corrected chi connectivity index (χ3v) is 2.90. The number of amides is 1. The second kappa shape index (κ2) is 6.44. The first-order valence-corrected chi connectivity index (χ1v) is 6.06. The minimum absolute atomic E-state index is 0.333. The molecule has 0 aromatic carbocycles. The van der Waals surface area contributed by atoms with Crippen LogP contribution >= 0.6 is 11.8 Å². The molecule has 1 rings (SSSR count). The van der Waals surface area contributed by atoms with Crippen LogP contribution in [-0.4, -0.2) is 34.2 Å². The van der Waals surface area contributed by atoms with Crippen molar-refractivity contribution in [2.45, 2.75) is 25.0 Å². The van der Waals surface area contributed by atoms with Gasteiger partial charge in [-0.3, -0.25) is 4.79 Å². The molecule has 1 unspecified atom stereocenters. The number of aromatic nitrogens is 2. The molecule has 0 saturated carbocycles. The Morgan fingerprint density at radius 1 is 1.56 bits per heavy atom. The molecule has 6 heteroatoms. The lowest BCUT2D eigenvalue weighted by Gasteiger charge is -2.12. The Morgan fingerprint density at radius 2 is 2.19 bits per heavy atom. The lowest BCUT2D eigenvalue weighted by Crippen LogP contribution is -2.43. The van der Waals surface area contributed by atoms with Gasteiger partial charge in [0.2, 0.25) is 5.91 Å². The molecule has 0 spiro atoms. The second-order valence-corrected chi connectivity index (χ2v) is 4.35. The van der Waals surface area contributed by atoms with Crippen LogP contribution in [0.2, 0.25) is 0 Å². The molecular weight excluding hydrogens is 224 g/mol. The highest BCUT2D eigenvalue weighted by Crippen LogP contribution is 2.13. The first-order valence-electron chi connectivity index (χ1n) is 5.07. The van der Waals surface area contributed by atoms with Crippen LogP contribution in [0.4, 0.5) is 0 Å². The molecule has 1 heterocycles. The minimum atomic E-state index is -0.346. The van der Waals surface area contributed by atoms with E-state index in [1.165, 1.54) is 11.8 Å². The summed E-state index contributed by atoms with van der Waals surface area (Å²) in [6.07, 6.45) is 3.50. The average molecular weight is 240 g/mol. The quantitative estimate of drug-likeness (QED) is 0.553. The van der Waals surface area contributed by atoms with Gasteiger partial charge in [0.1, 0.15) is 0 Å². The molecule has 1 aromatic heterocycles. The fraction of sp³-hybridized carbons (Fsp3) is 0.500. The van der Waals surface area contributed by atoms with E-state index in [1.54, 1.807) is 12.4 Å². The summed E-state index contributed by atoms with van der Waals surface area (Å²) >= 11 is 1.42. The van der Waals surface area contributed by atoms with Crippen LogP contribution in [0.5, 0.6) is 0 Å². The SMILES string of the molecule is CCNC(CSc1ncc(C)cn1)C(N)=O. The topological polar surface area (TPSA) is 80.9 Å². The summed E-state index contributed by atoms with van der Waals surface area (Å²) < 4.78 is 0. The van der Waals surface area contributed by atoms with Crippen LogP contribution in [0.25, 0.3) is 0 Å². The van der Waals surface area contributed by atoms with E-state index in [2.05, 4.69) is 15.3 Å². The van der Waals surface area contributed by atoms with Crippen LogP contribution in [0, 0.1) is 6.92 Å². The summed E-state index contributed by atoms with van der Waals surface area (Å²) in [6, 6.07) is -0.333. The molecule has 0 aliphatic heterocycles. The lowest BCUT2D eigenvalue weighted by molar-refractivity contribution is -0.119. The number of thioether (sulfide) groups is 1. The van der Waals surface area contributed by atoms with Gasteiger partial charge in [-0.25, -0.2) is 9.97 Å². The molecule has 0 aliphatic carbocycles. The Morgan fingerprint density at radius 3 is 2.69 bits per heavy atom. The van der Waals surface area contributed by atoms with E-state index in [-0.39, 0.29) is 11.9 Å². The van der Waals surface area contributed by atoms with Crippen molar-refractivity contribution in [1.29, 1.82) is 0 Å². The van der Waals surface area contributed by atoms with Crippen molar-refractivity contribution in [3.63, 3.8) is 0 Å². The monoisotopic (exact) mass is 240 g/mol. The first-order chi connectivity index (χ1) is 7.63. The molecule has 5 nitrogen and oxygen atoms in total. The van der Waals surface area contributed by atoms with Gasteiger partial charge in [-0.1, -0.05) is 18.7 Å². The molecule has 0 saturated heterocycles. The van der Waals surface area contributed by atoms with Gasteiger partial charge in [0.05, 0.1) is 6.04 Å². The van der Waals surface area contributed by atoms with E-state index in [0.717, 1.165) is 5.56 Å². The third kappa shape index (κ3) is 4.16. The van der Waals surface area contributed by atoms with E-state index in [0.29, 0.717) is 17.5 Å². The number of nitrogens with one attached hydrogen (secondary N) is 1. The average Bonchev–Trinajstić information content (AvgIpc) is 2.26. The van der Waals surface area contributed by atoms with Crippen LogP contribution in [0.3, 0.4) is 0 Å². The van der Waals surface area contributed by atoms with Crippen molar-refractivity contribution < 1.29 is 4.79 Å². The van der Waals surface area contributed by atoms with Gasteiger partial charge in [-0.05, 0) is 19.0 Å². The Kier molecular flexibility index (Phi) is 5.21. The van der Waals surface area contributed by atoms with Crippen molar-refractivity contribution in [2.75, 3.05) is 12.3 Å². The van der Waals surface area contributed by atoms with Crippen molar-refractivity contribution in [1.82, 2.24) is 15.3 Å². The zero-order chi connectivity index (χ0) is 12.0. The number of rotatable bonds is 6. The molecule has 0 fully saturated rings. The maximum Gasteiger partial charge on any atom is 0.235 e. The van der Waals surface area contributed by atoms with E-state index < -0.39 is 0 Å². The van der Waals surface area contributed by atoms with Crippen molar-refractivity contribution in [3.8, 4) is 0 Å². The van der Waals surface area contributed by atoms with Gasteiger partial charge in [0, 0.05) is 18.1 Å². The number of hydrogen-bond acceptors (Lipinski definition) is 5. The zero-order valence-electron chi connectivity index (χ0n) is 9.43. The molecule has 0 radical (unpaired) electrons. The number of nitrogens with two attached hydrogens (primary N) is 1. The summed E-state index contributed by atoms with van der Waals surface area (Å²) in [5.74, 6) is 0.202. The smallest absolute Gasteiger partial charge is 0.235 e. The molecule has 3 N–H and O–H groups in total. The van der Waals surface area contributed by atoms with Crippen LogP contribution in [0.1, 0.15) is 12.5 Å². The number of likely N-dealkylation sites (N-methyl/N-ethyl adjacent to an activating group) is 1. The third-order valence-electron chi connectivity index (χ3n) is 1.93. The van der Waals surface area contributed by atoms with Gasteiger partial charge in [-0.15, -0.1) is 0 Å². The molecule has 0 aliphatic rings. The predicted molar refractivity (Wildman–Crippen MR) is 64.2 cm³/mol. The Balaban J connectivity index is 2.48. The van der Waals surface area contributed by atoms with Crippen LogP contribution < -0.4 is 11.1 Å². The van der Waals surface area contributed by atoms with E-state index in [9.17, 15) is 4.79 Å². The molecule has 16 heavy (non-hydrogen) atoms. The van der Waals surface area contributed by atoms with Gasteiger partial charge in [0.15, 0.2) is 5.16 Å². The van der Waals surface area contributed by atoms with E-state index in [1.807, 2.05) is 13.8 Å². The summed E-state index contributed by atoms with van der Waals surface area (Å²) in [5, 5.41) is 3.67. The number of hydrogen-bond donors (Lipinski definition) is 2. The lowest BCUT2D eigenvalue weighted by atomic mass is 10.3. The molecule has 1 aromatic rings. The highest BCUT2D eigenvalue weighted by Gasteiger charge is 2.14. The van der Waals surface area contributed by atoms with Gasteiger partial charge < -0.3 is 11.1 Å². The number of carbonyl (C=O) groups is 1. The summed E-state index contributed by atoms with van der Waals surface area (Å²) in [4.78, 5) is 19.4. The second-order valence-electron chi connectivity index (χ2n) is 3.37. The summed E-state index contributed by atoms with van der Waals surface area (Å²) in [5.41, 5.74) is 6.27.